The molecule has 100 valence electrons. The summed E-state index contributed by atoms with van der Waals surface area (Å²) in [6.45, 7) is 7.30. The molecule has 1 aromatic carbocycles. The summed E-state index contributed by atoms with van der Waals surface area (Å²) in [5.41, 5.74) is 1.22. The van der Waals surface area contributed by atoms with Gasteiger partial charge in [-0.25, -0.2) is 0 Å². The fraction of sp³-hybridized carbons (Fsp3) is 0.600. The van der Waals surface area contributed by atoms with Crippen molar-refractivity contribution in [2.75, 3.05) is 6.61 Å². The number of rotatable bonds is 3. The third-order valence-corrected chi connectivity index (χ3v) is 3.58. The van der Waals surface area contributed by atoms with Crippen molar-refractivity contribution >= 4 is 11.6 Å². The van der Waals surface area contributed by atoms with Gasteiger partial charge in [0.2, 0.25) is 0 Å². The highest BCUT2D eigenvalue weighted by Crippen LogP contribution is 2.31. The second-order valence-corrected chi connectivity index (χ2v) is 6.15. The van der Waals surface area contributed by atoms with Gasteiger partial charge in [-0.1, -0.05) is 37.1 Å². The van der Waals surface area contributed by atoms with E-state index in [1.165, 1.54) is 5.56 Å². The van der Waals surface area contributed by atoms with Gasteiger partial charge in [-0.2, -0.15) is 0 Å². The van der Waals surface area contributed by atoms with E-state index < -0.39 is 0 Å². The topological polar surface area (TPSA) is 21.3 Å². The first-order chi connectivity index (χ1) is 8.52. The van der Waals surface area contributed by atoms with Crippen LogP contribution in [0.3, 0.4) is 0 Å². The third-order valence-electron chi connectivity index (χ3n) is 3.34. The Morgan fingerprint density at radius 3 is 2.89 bits per heavy atom. The summed E-state index contributed by atoms with van der Waals surface area (Å²) in [4.78, 5) is 0. The zero-order chi connectivity index (χ0) is 13.2. The van der Waals surface area contributed by atoms with E-state index in [2.05, 4.69) is 32.2 Å². The lowest BCUT2D eigenvalue weighted by atomic mass is 9.92. The summed E-state index contributed by atoms with van der Waals surface area (Å²) in [5.74, 6) is 0. The minimum Gasteiger partial charge on any atom is -0.370 e. The van der Waals surface area contributed by atoms with Crippen molar-refractivity contribution < 1.29 is 4.74 Å². The Balaban J connectivity index is 2.20. The van der Waals surface area contributed by atoms with E-state index in [1.54, 1.807) is 0 Å². The molecule has 0 amide bonds. The fourth-order valence-corrected chi connectivity index (χ4v) is 2.78. The van der Waals surface area contributed by atoms with Gasteiger partial charge in [-0.15, -0.1) is 0 Å². The molecule has 0 saturated carbocycles. The SMILES string of the molecule is CCC[C@@H]1NC(C)(C)CO[C@H]1c1cccc(Cl)c1. The monoisotopic (exact) mass is 267 g/mol. The Morgan fingerprint density at radius 1 is 1.44 bits per heavy atom. The van der Waals surface area contributed by atoms with Gasteiger partial charge in [-0.05, 0) is 38.0 Å². The smallest absolute Gasteiger partial charge is 0.0979 e. The highest BCUT2D eigenvalue weighted by atomic mass is 35.5. The maximum Gasteiger partial charge on any atom is 0.0979 e. The van der Waals surface area contributed by atoms with Crippen LogP contribution in [0.15, 0.2) is 24.3 Å². The molecule has 0 bridgehead atoms. The molecule has 0 aromatic heterocycles. The number of halogens is 1. The molecule has 1 heterocycles. The molecular formula is C15H22ClNO. The van der Waals surface area contributed by atoms with Crippen LogP contribution >= 0.6 is 11.6 Å². The van der Waals surface area contributed by atoms with Gasteiger partial charge in [0.15, 0.2) is 0 Å². The quantitative estimate of drug-likeness (QED) is 0.895. The first-order valence-electron chi connectivity index (χ1n) is 6.66. The zero-order valence-electron chi connectivity index (χ0n) is 11.4. The fourth-order valence-electron chi connectivity index (χ4n) is 2.58. The Labute approximate surface area is 115 Å². The number of hydrogen-bond acceptors (Lipinski definition) is 2. The van der Waals surface area contributed by atoms with Gasteiger partial charge >= 0.3 is 0 Å². The number of ether oxygens (including phenoxy) is 1. The summed E-state index contributed by atoms with van der Waals surface area (Å²) in [6.07, 6.45) is 2.37. The van der Waals surface area contributed by atoms with Crippen LogP contribution in [0.1, 0.15) is 45.3 Å². The molecule has 1 N–H and O–H groups in total. The normalized spacial score (nSPS) is 27.1. The van der Waals surface area contributed by atoms with Gasteiger partial charge in [-0.3, -0.25) is 0 Å². The van der Waals surface area contributed by atoms with Crippen LogP contribution in [0.5, 0.6) is 0 Å². The van der Waals surface area contributed by atoms with Crippen LogP contribution in [0, 0.1) is 0 Å². The van der Waals surface area contributed by atoms with Crippen molar-refractivity contribution in [3.05, 3.63) is 34.9 Å². The van der Waals surface area contributed by atoms with Crippen molar-refractivity contribution in [3.63, 3.8) is 0 Å². The molecule has 1 aliphatic rings. The lowest BCUT2D eigenvalue weighted by Gasteiger charge is -2.42. The molecule has 0 radical (unpaired) electrons. The van der Waals surface area contributed by atoms with E-state index in [1.807, 2.05) is 18.2 Å². The standard InChI is InChI=1S/C15H22ClNO/c1-4-6-13-14(18-10-15(2,3)17-13)11-7-5-8-12(16)9-11/h5,7-9,13-14,17H,4,6,10H2,1-3H3/t13-,14-/m0/s1. The van der Waals surface area contributed by atoms with Gasteiger partial charge in [0.1, 0.15) is 0 Å². The van der Waals surface area contributed by atoms with Crippen LogP contribution in [0.2, 0.25) is 5.02 Å². The van der Waals surface area contributed by atoms with E-state index in [0.717, 1.165) is 24.5 Å². The molecule has 2 nitrogen and oxygen atoms in total. The molecular weight excluding hydrogens is 246 g/mol. The average molecular weight is 268 g/mol. The second kappa shape index (κ2) is 5.60. The minimum absolute atomic E-state index is 0.0505. The number of hydrogen-bond donors (Lipinski definition) is 1. The van der Waals surface area contributed by atoms with Gasteiger partial charge in [0.05, 0.1) is 12.7 Å². The van der Waals surface area contributed by atoms with E-state index in [-0.39, 0.29) is 11.6 Å². The van der Waals surface area contributed by atoms with Crippen LogP contribution in [0.25, 0.3) is 0 Å². The first kappa shape index (κ1) is 13.9. The van der Waals surface area contributed by atoms with Crippen molar-refractivity contribution in [1.82, 2.24) is 5.32 Å². The van der Waals surface area contributed by atoms with Crippen LogP contribution in [-0.4, -0.2) is 18.2 Å². The highest BCUT2D eigenvalue weighted by molar-refractivity contribution is 6.30. The summed E-state index contributed by atoms with van der Waals surface area (Å²) in [6, 6.07) is 8.36. The minimum atomic E-state index is 0.0505. The molecule has 0 unspecified atom stereocenters. The molecule has 0 aliphatic carbocycles. The average Bonchev–Trinajstić information content (AvgIpc) is 2.28. The molecule has 1 fully saturated rings. The summed E-state index contributed by atoms with van der Waals surface area (Å²) < 4.78 is 6.08. The van der Waals surface area contributed by atoms with Crippen molar-refractivity contribution in [1.29, 1.82) is 0 Å². The third kappa shape index (κ3) is 3.25. The largest absolute Gasteiger partial charge is 0.370 e. The summed E-state index contributed by atoms with van der Waals surface area (Å²) in [7, 11) is 0. The van der Waals surface area contributed by atoms with E-state index in [0.29, 0.717) is 6.04 Å². The maximum absolute atomic E-state index is 6.08. The molecule has 2 atom stereocenters. The Bertz CT molecular complexity index is 405. The molecule has 3 heteroatoms. The van der Waals surface area contributed by atoms with E-state index in [9.17, 15) is 0 Å². The Hall–Kier alpha value is -0.570. The Morgan fingerprint density at radius 2 is 2.22 bits per heavy atom. The van der Waals surface area contributed by atoms with Gasteiger partial charge in [0.25, 0.3) is 0 Å². The molecule has 1 aliphatic heterocycles. The zero-order valence-corrected chi connectivity index (χ0v) is 12.1. The number of morpholine rings is 1. The summed E-state index contributed by atoms with van der Waals surface area (Å²) in [5, 5.41) is 4.47. The summed E-state index contributed by atoms with van der Waals surface area (Å²) >= 11 is 6.07. The number of benzene rings is 1. The van der Waals surface area contributed by atoms with Crippen LogP contribution in [0.4, 0.5) is 0 Å². The van der Waals surface area contributed by atoms with Gasteiger partial charge in [0, 0.05) is 16.6 Å². The first-order valence-corrected chi connectivity index (χ1v) is 7.04. The number of nitrogens with one attached hydrogen (secondary N) is 1. The predicted molar refractivity (Wildman–Crippen MR) is 76.1 cm³/mol. The van der Waals surface area contributed by atoms with E-state index in [4.69, 9.17) is 16.3 Å². The van der Waals surface area contributed by atoms with Crippen molar-refractivity contribution in [2.45, 2.75) is 51.3 Å². The van der Waals surface area contributed by atoms with Crippen molar-refractivity contribution in [3.8, 4) is 0 Å². The second-order valence-electron chi connectivity index (χ2n) is 5.71. The maximum atomic E-state index is 6.08. The lowest BCUT2D eigenvalue weighted by molar-refractivity contribution is -0.0564. The highest BCUT2D eigenvalue weighted by Gasteiger charge is 2.35. The van der Waals surface area contributed by atoms with Crippen molar-refractivity contribution in [2.24, 2.45) is 0 Å². The Kier molecular flexibility index (Phi) is 4.31. The molecule has 0 spiro atoms. The molecule has 18 heavy (non-hydrogen) atoms. The predicted octanol–water partition coefficient (Wildman–Crippen LogP) is 3.95. The molecule has 2 rings (SSSR count). The van der Waals surface area contributed by atoms with Crippen LogP contribution < -0.4 is 5.32 Å². The van der Waals surface area contributed by atoms with E-state index >= 15 is 0 Å². The van der Waals surface area contributed by atoms with Gasteiger partial charge < -0.3 is 10.1 Å². The van der Waals surface area contributed by atoms with Crippen LogP contribution in [-0.2, 0) is 4.74 Å². The lowest BCUT2D eigenvalue weighted by Crippen LogP contribution is -2.56. The molecule has 1 saturated heterocycles. The molecule has 1 aromatic rings.